The molecule has 38 heavy (non-hydrogen) atoms. The van der Waals surface area contributed by atoms with Crippen LogP contribution in [0.1, 0.15) is 34.7 Å². The molecule has 0 bridgehead atoms. The minimum atomic E-state index is -0.278. The SMILES string of the molecule is COc1ccc([C@H]2C3=C(N=c4s/c(=C/c5c[nH]c6ccccc56)c(=O)n42)c2ccccc2CC3)cc1OC. The molecule has 0 fully saturated rings. The largest absolute Gasteiger partial charge is 0.493 e. The average Bonchev–Trinajstić information content (AvgIpc) is 3.51. The summed E-state index contributed by atoms with van der Waals surface area (Å²) in [6, 6.07) is 22.2. The summed E-state index contributed by atoms with van der Waals surface area (Å²) in [6.07, 6.45) is 5.68. The highest BCUT2D eigenvalue weighted by molar-refractivity contribution is 7.07. The van der Waals surface area contributed by atoms with E-state index in [2.05, 4.69) is 35.3 Å². The summed E-state index contributed by atoms with van der Waals surface area (Å²) in [5.41, 5.74) is 7.54. The van der Waals surface area contributed by atoms with Crippen molar-refractivity contribution in [1.82, 2.24) is 9.55 Å². The standard InChI is InChI=1S/C31H25N3O3S/c1-36-25-14-12-19(15-26(25)37-2)29-23-13-11-18-7-3-4-9-22(18)28(23)33-31-34(29)30(35)27(38-31)16-20-17-32-24-10-6-5-8-21(20)24/h3-10,12,14-17,29,32H,11,13H2,1-2H3/b27-16+/t29-/m0/s1. The van der Waals surface area contributed by atoms with Crippen molar-refractivity contribution >= 4 is 34.0 Å². The van der Waals surface area contributed by atoms with Crippen molar-refractivity contribution in [3.8, 4) is 11.5 Å². The number of nitrogens with one attached hydrogen (secondary N) is 1. The zero-order valence-corrected chi connectivity index (χ0v) is 21.8. The van der Waals surface area contributed by atoms with Crippen molar-refractivity contribution in [3.05, 3.63) is 120 Å². The number of hydrogen-bond donors (Lipinski definition) is 1. The lowest BCUT2D eigenvalue weighted by Gasteiger charge is -2.31. The Morgan fingerprint density at radius 3 is 2.68 bits per heavy atom. The molecule has 0 radical (unpaired) electrons. The molecule has 6 nitrogen and oxygen atoms in total. The van der Waals surface area contributed by atoms with Crippen molar-refractivity contribution in [2.75, 3.05) is 14.2 Å². The molecule has 0 amide bonds. The fourth-order valence-corrected chi connectivity index (χ4v) is 6.69. The molecule has 1 N–H and O–H groups in total. The van der Waals surface area contributed by atoms with Gasteiger partial charge in [-0.2, -0.15) is 0 Å². The predicted octanol–water partition coefficient (Wildman–Crippen LogP) is 4.82. The van der Waals surface area contributed by atoms with E-state index >= 15 is 0 Å². The molecule has 1 aliphatic heterocycles. The Balaban J connectivity index is 1.49. The highest BCUT2D eigenvalue weighted by Gasteiger charge is 2.33. The zero-order valence-electron chi connectivity index (χ0n) is 21.0. The Hall–Kier alpha value is -4.36. The van der Waals surface area contributed by atoms with E-state index < -0.39 is 0 Å². The minimum Gasteiger partial charge on any atom is -0.493 e. The van der Waals surface area contributed by atoms with Gasteiger partial charge in [0.2, 0.25) is 0 Å². The van der Waals surface area contributed by atoms with Gasteiger partial charge in [0.1, 0.15) is 0 Å². The molecular formula is C31H25N3O3S. The van der Waals surface area contributed by atoms with Crippen LogP contribution in [0.15, 0.2) is 88.3 Å². The molecule has 5 aromatic rings. The topological polar surface area (TPSA) is 68.6 Å². The van der Waals surface area contributed by atoms with Crippen LogP contribution in [0.4, 0.5) is 0 Å². The lowest BCUT2D eigenvalue weighted by atomic mass is 9.83. The first-order valence-corrected chi connectivity index (χ1v) is 13.4. The first-order valence-electron chi connectivity index (χ1n) is 12.6. The molecule has 2 aliphatic rings. The van der Waals surface area contributed by atoms with E-state index in [0.717, 1.165) is 51.7 Å². The summed E-state index contributed by atoms with van der Waals surface area (Å²) in [7, 11) is 3.26. The molecule has 1 atom stereocenters. The van der Waals surface area contributed by atoms with Gasteiger partial charge in [-0.3, -0.25) is 9.36 Å². The molecule has 0 spiro atoms. The summed E-state index contributed by atoms with van der Waals surface area (Å²) in [5.74, 6) is 1.30. The summed E-state index contributed by atoms with van der Waals surface area (Å²) in [6.45, 7) is 0. The molecule has 3 aromatic carbocycles. The maximum absolute atomic E-state index is 14.1. The molecule has 7 heteroatoms. The molecule has 0 saturated heterocycles. The quantitative estimate of drug-likeness (QED) is 0.370. The number of aryl methyl sites for hydroxylation is 1. The van der Waals surface area contributed by atoms with Crippen LogP contribution in [0.25, 0.3) is 22.7 Å². The van der Waals surface area contributed by atoms with Gasteiger partial charge >= 0.3 is 0 Å². The van der Waals surface area contributed by atoms with Crippen LogP contribution in [0, 0.1) is 0 Å². The summed E-state index contributed by atoms with van der Waals surface area (Å²) >= 11 is 1.44. The number of aromatic amines is 1. The molecular weight excluding hydrogens is 494 g/mol. The first-order chi connectivity index (χ1) is 18.7. The third kappa shape index (κ3) is 3.46. The Morgan fingerprint density at radius 2 is 1.82 bits per heavy atom. The number of allylic oxidation sites excluding steroid dienone is 1. The van der Waals surface area contributed by atoms with Crippen LogP contribution >= 0.6 is 11.3 Å². The number of aromatic nitrogens is 2. The summed E-state index contributed by atoms with van der Waals surface area (Å²) < 4.78 is 13.6. The van der Waals surface area contributed by atoms with E-state index in [4.69, 9.17) is 14.5 Å². The lowest BCUT2D eigenvalue weighted by Crippen LogP contribution is -2.38. The van der Waals surface area contributed by atoms with Crippen molar-refractivity contribution in [3.63, 3.8) is 0 Å². The molecule has 2 aromatic heterocycles. The second-order valence-corrected chi connectivity index (χ2v) is 10.5. The van der Waals surface area contributed by atoms with Gasteiger partial charge in [-0.05, 0) is 53.8 Å². The van der Waals surface area contributed by atoms with Gasteiger partial charge < -0.3 is 14.5 Å². The summed E-state index contributed by atoms with van der Waals surface area (Å²) in [4.78, 5) is 23.2. The molecule has 0 saturated carbocycles. The number of fused-ring (bicyclic) bond motifs is 4. The van der Waals surface area contributed by atoms with Crippen molar-refractivity contribution < 1.29 is 9.47 Å². The van der Waals surface area contributed by atoms with Crippen LogP contribution in [0.3, 0.4) is 0 Å². The van der Waals surface area contributed by atoms with Crippen molar-refractivity contribution in [1.29, 1.82) is 0 Å². The minimum absolute atomic E-state index is 0.0378. The number of methoxy groups -OCH3 is 2. The van der Waals surface area contributed by atoms with Gasteiger partial charge in [0.15, 0.2) is 16.3 Å². The van der Waals surface area contributed by atoms with E-state index in [1.54, 1.807) is 14.2 Å². The fourth-order valence-electron chi connectivity index (χ4n) is 5.70. The highest BCUT2D eigenvalue weighted by atomic mass is 32.1. The number of thiazole rings is 1. The van der Waals surface area contributed by atoms with E-state index in [-0.39, 0.29) is 11.6 Å². The van der Waals surface area contributed by atoms with E-state index in [9.17, 15) is 4.79 Å². The van der Waals surface area contributed by atoms with E-state index in [1.807, 2.05) is 53.2 Å². The zero-order chi connectivity index (χ0) is 25.8. The lowest BCUT2D eigenvalue weighted by molar-refractivity contribution is 0.354. The third-order valence-corrected chi connectivity index (χ3v) is 8.49. The second kappa shape index (κ2) is 8.89. The third-order valence-electron chi connectivity index (χ3n) is 7.50. The fraction of sp³-hybridized carbons (Fsp3) is 0.161. The van der Waals surface area contributed by atoms with Gasteiger partial charge in [0, 0.05) is 28.2 Å². The smallest absolute Gasteiger partial charge is 0.271 e. The molecule has 188 valence electrons. The van der Waals surface area contributed by atoms with Gasteiger partial charge in [0.25, 0.3) is 5.56 Å². The number of hydrogen-bond acceptors (Lipinski definition) is 5. The van der Waals surface area contributed by atoms with Crippen LogP contribution in [-0.2, 0) is 6.42 Å². The number of para-hydroxylation sites is 1. The predicted molar refractivity (Wildman–Crippen MR) is 151 cm³/mol. The Bertz CT molecular complexity index is 1940. The maximum Gasteiger partial charge on any atom is 0.271 e. The molecule has 0 unspecified atom stereocenters. The van der Waals surface area contributed by atoms with E-state index in [1.165, 1.54) is 16.9 Å². The second-order valence-electron chi connectivity index (χ2n) is 9.52. The van der Waals surface area contributed by atoms with Crippen LogP contribution in [0.2, 0.25) is 0 Å². The Morgan fingerprint density at radius 1 is 1.00 bits per heavy atom. The highest BCUT2D eigenvalue weighted by Crippen LogP contribution is 2.42. The van der Waals surface area contributed by atoms with Crippen molar-refractivity contribution in [2.45, 2.75) is 18.9 Å². The summed E-state index contributed by atoms with van der Waals surface area (Å²) in [5, 5.41) is 1.09. The van der Waals surface area contributed by atoms with Crippen molar-refractivity contribution in [2.24, 2.45) is 4.99 Å². The average molecular weight is 520 g/mol. The number of nitrogens with zero attached hydrogens (tertiary/aromatic N) is 2. The Labute approximate surface area is 222 Å². The molecule has 1 aliphatic carbocycles. The normalized spacial score (nSPS) is 16.6. The first kappa shape index (κ1) is 22.8. The van der Waals surface area contributed by atoms with Gasteiger partial charge in [-0.1, -0.05) is 59.9 Å². The van der Waals surface area contributed by atoms with Gasteiger partial charge in [0.05, 0.1) is 30.5 Å². The molecule has 3 heterocycles. The van der Waals surface area contributed by atoms with Gasteiger partial charge in [-0.25, -0.2) is 4.99 Å². The molecule has 7 rings (SSSR count). The van der Waals surface area contributed by atoms with Crippen LogP contribution < -0.4 is 24.4 Å². The monoisotopic (exact) mass is 519 g/mol. The van der Waals surface area contributed by atoms with Crippen LogP contribution in [0.5, 0.6) is 11.5 Å². The number of H-pyrrole nitrogens is 1. The maximum atomic E-state index is 14.1. The van der Waals surface area contributed by atoms with Crippen LogP contribution in [-0.4, -0.2) is 23.8 Å². The number of rotatable bonds is 4. The van der Waals surface area contributed by atoms with Gasteiger partial charge in [-0.15, -0.1) is 0 Å². The number of benzene rings is 3. The Kier molecular flexibility index (Phi) is 5.33. The number of ether oxygens (including phenoxy) is 2. The van der Waals surface area contributed by atoms with E-state index in [0.29, 0.717) is 20.8 Å².